The number of nitrogens with one attached hydrogen (secondary N) is 2. The van der Waals surface area contributed by atoms with Crippen molar-refractivity contribution in [3.05, 3.63) is 64.7 Å². The Hall–Kier alpha value is -3.27. The highest BCUT2D eigenvalue weighted by Gasteiger charge is 2.45. The number of aliphatic carboxylic acids is 1. The highest BCUT2D eigenvalue weighted by atomic mass is 35.5. The van der Waals surface area contributed by atoms with Gasteiger partial charge in [0, 0.05) is 0 Å². The van der Waals surface area contributed by atoms with E-state index in [0.29, 0.717) is 11.1 Å². The van der Waals surface area contributed by atoms with E-state index in [4.69, 9.17) is 16.3 Å². The van der Waals surface area contributed by atoms with Crippen LogP contribution in [0.15, 0.2) is 48.5 Å². The molecule has 202 valence electrons. The maximum absolute atomic E-state index is 13.5. The summed E-state index contributed by atoms with van der Waals surface area (Å²) in [6.07, 6.45) is -5.90. The minimum atomic E-state index is -4.80. The molecule has 0 heterocycles. The van der Waals surface area contributed by atoms with Gasteiger partial charge in [-0.15, -0.1) is 0 Å². The maximum Gasteiger partial charge on any atom is 0.408 e. The summed E-state index contributed by atoms with van der Waals surface area (Å²) in [4.78, 5) is 36.9. The molecule has 0 spiro atoms. The quantitative estimate of drug-likeness (QED) is 0.357. The van der Waals surface area contributed by atoms with Crippen molar-refractivity contribution in [2.75, 3.05) is 5.32 Å². The Morgan fingerprint density at radius 1 is 1.03 bits per heavy atom. The van der Waals surface area contributed by atoms with Gasteiger partial charge in [0.1, 0.15) is 12.6 Å². The van der Waals surface area contributed by atoms with Crippen molar-refractivity contribution < 1.29 is 37.4 Å². The summed E-state index contributed by atoms with van der Waals surface area (Å²) in [5.74, 6) is -5.19. The first-order chi connectivity index (χ1) is 17.1. The van der Waals surface area contributed by atoms with Crippen molar-refractivity contribution in [2.24, 2.45) is 17.3 Å². The summed E-state index contributed by atoms with van der Waals surface area (Å²) in [5, 5.41) is 14.0. The predicted molar refractivity (Wildman–Crippen MR) is 133 cm³/mol. The van der Waals surface area contributed by atoms with Gasteiger partial charge in [-0.25, -0.2) is 4.79 Å². The second-order valence-electron chi connectivity index (χ2n) is 9.78. The van der Waals surface area contributed by atoms with Crippen LogP contribution in [0, 0.1) is 17.3 Å². The summed E-state index contributed by atoms with van der Waals surface area (Å²) < 4.78 is 45.5. The summed E-state index contributed by atoms with van der Waals surface area (Å²) in [7, 11) is 0. The molecule has 0 radical (unpaired) electrons. The van der Waals surface area contributed by atoms with E-state index in [1.54, 1.807) is 57.2 Å². The van der Waals surface area contributed by atoms with E-state index in [-0.39, 0.29) is 23.7 Å². The first-order valence-corrected chi connectivity index (χ1v) is 11.8. The highest BCUT2D eigenvalue weighted by molar-refractivity contribution is 6.33. The number of halogens is 4. The number of alkyl halides is 3. The molecule has 2 amide bonds. The van der Waals surface area contributed by atoms with Gasteiger partial charge in [0.2, 0.25) is 5.91 Å². The molecule has 2 aromatic rings. The number of benzene rings is 2. The standard InChI is InChI=1S/C26H30ClF3N2O5/c1-15(26(28,29)30)21(32-24(36)37-14-16-8-6-5-7-9-16)22(33)31-20-13-17(10-11-19(20)27)12-18(23(34)35)25(2,3)4/h5-11,13,15,18,21H,12,14H2,1-4H3,(H,31,33)(H,32,36)(H,34,35)/t15-,18?,21?/m1/s1. The van der Waals surface area contributed by atoms with Gasteiger partial charge in [-0.05, 0) is 35.1 Å². The highest BCUT2D eigenvalue weighted by Crippen LogP contribution is 2.33. The summed E-state index contributed by atoms with van der Waals surface area (Å²) >= 11 is 6.16. The number of hydrogen-bond donors (Lipinski definition) is 3. The number of alkyl carbamates (subject to hydrolysis) is 1. The third-order valence-corrected chi connectivity index (χ3v) is 6.19. The molecule has 0 bridgehead atoms. The second kappa shape index (κ2) is 12.3. The molecule has 3 atom stereocenters. The van der Waals surface area contributed by atoms with Gasteiger partial charge in [0.25, 0.3) is 0 Å². The van der Waals surface area contributed by atoms with Crippen molar-refractivity contribution in [1.82, 2.24) is 5.32 Å². The number of ether oxygens (including phenoxy) is 1. The van der Waals surface area contributed by atoms with Gasteiger partial charge in [0.15, 0.2) is 0 Å². The number of rotatable bonds is 9. The van der Waals surface area contributed by atoms with Crippen molar-refractivity contribution in [3.63, 3.8) is 0 Å². The van der Waals surface area contributed by atoms with Crippen molar-refractivity contribution in [1.29, 1.82) is 0 Å². The maximum atomic E-state index is 13.5. The van der Waals surface area contributed by atoms with Crippen LogP contribution in [0.1, 0.15) is 38.8 Å². The van der Waals surface area contributed by atoms with Crippen LogP contribution < -0.4 is 10.6 Å². The molecular weight excluding hydrogens is 513 g/mol. The zero-order chi connectivity index (χ0) is 28.0. The molecule has 3 N–H and O–H groups in total. The molecule has 37 heavy (non-hydrogen) atoms. The van der Waals surface area contributed by atoms with Crippen LogP contribution in [0.25, 0.3) is 0 Å². The van der Waals surface area contributed by atoms with E-state index >= 15 is 0 Å². The van der Waals surface area contributed by atoms with Gasteiger partial charge >= 0.3 is 18.2 Å². The van der Waals surface area contributed by atoms with Crippen LogP contribution >= 0.6 is 11.6 Å². The molecule has 2 aromatic carbocycles. The Morgan fingerprint density at radius 2 is 1.65 bits per heavy atom. The molecule has 2 unspecified atom stereocenters. The van der Waals surface area contributed by atoms with Crippen LogP contribution in [0.4, 0.5) is 23.7 Å². The van der Waals surface area contributed by atoms with Gasteiger partial charge in [-0.1, -0.05) is 75.7 Å². The second-order valence-corrected chi connectivity index (χ2v) is 10.2. The fourth-order valence-corrected chi connectivity index (χ4v) is 3.67. The van der Waals surface area contributed by atoms with Crippen molar-refractivity contribution in [3.8, 4) is 0 Å². The monoisotopic (exact) mass is 542 g/mol. The van der Waals surface area contributed by atoms with E-state index in [2.05, 4.69) is 5.32 Å². The number of carboxylic acids is 1. The summed E-state index contributed by atoms with van der Waals surface area (Å²) in [6, 6.07) is 10.9. The number of carbonyl (C=O) groups excluding carboxylic acids is 2. The average Bonchev–Trinajstić information content (AvgIpc) is 2.80. The molecule has 0 aromatic heterocycles. The van der Waals surface area contributed by atoms with E-state index in [9.17, 15) is 32.7 Å². The topological polar surface area (TPSA) is 105 Å². The Labute approximate surface area is 218 Å². The lowest BCUT2D eigenvalue weighted by molar-refractivity contribution is -0.178. The Morgan fingerprint density at radius 3 is 2.19 bits per heavy atom. The molecule has 0 aliphatic rings. The minimum absolute atomic E-state index is 0.0129. The molecule has 11 heteroatoms. The normalized spacial score (nSPS) is 14.3. The van der Waals surface area contributed by atoms with Crippen LogP contribution in [0.2, 0.25) is 5.02 Å². The van der Waals surface area contributed by atoms with Crippen molar-refractivity contribution >= 4 is 35.3 Å². The number of carboxylic acid groups (broad SMARTS) is 1. The molecule has 7 nitrogen and oxygen atoms in total. The number of carbonyl (C=O) groups is 3. The van der Waals surface area contributed by atoms with Crippen LogP contribution in [-0.4, -0.2) is 35.3 Å². The Bertz CT molecular complexity index is 1100. The first-order valence-electron chi connectivity index (χ1n) is 11.5. The molecule has 0 aliphatic heterocycles. The van der Waals surface area contributed by atoms with Crippen molar-refractivity contribution in [2.45, 2.75) is 52.9 Å². The number of anilines is 1. The molecule has 0 saturated heterocycles. The lowest BCUT2D eigenvalue weighted by atomic mass is 9.77. The third-order valence-electron chi connectivity index (χ3n) is 5.86. The van der Waals surface area contributed by atoms with E-state index in [1.807, 2.05) is 5.32 Å². The summed E-state index contributed by atoms with van der Waals surface area (Å²) in [5.41, 5.74) is 0.534. The number of amides is 2. The Kier molecular flexibility index (Phi) is 9.97. The predicted octanol–water partition coefficient (Wildman–Crippen LogP) is 6.06. The molecule has 0 fully saturated rings. The van der Waals surface area contributed by atoms with Gasteiger partial charge in [-0.3, -0.25) is 9.59 Å². The van der Waals surface area contributed by atoms with Crippen LogP contribution in [0.3, 0.4) is 0 Å². The SMILES string of the molecule is C[C@H](C(NC(=O)OCc1ccccc1)C(=O)Nc1cc(CC(C(=O)O)C(C)(C)C)ccc1Cl)C(F)(F)F. The fourth-order valence-electron chi connectivity index (χ4n) is 3.50. The molecule has 0 saturated carbocycles. The third kappa shape index (κ3) is 8.96. The zero-order valence-electron chi connectivity index (χ0n) is 20.9. The van der Waals surface area contributed by atoms with Gasteiger partial charge in [0.05, 0.1) is 22.5 Å². The average molecular weight is 543 g/mol. The largest absolute Gasteiger partial charge is 0.481 e. The zero-order valence-corrected chi connectivity index (χ0v) is 21.6. The van der Waals surface area contributed by atoms with Crippen LogP contribution in [-0.2, 0) is 27.4 Å². The molecular formula is C26H30ClF3N2O5. The molecule has 0 aliphatic carbocycles. The van der Waals surface area contributed by atoms with E-state index in [0.717, 1.165) is 6.92 Å². The molecule has 2 rings (SSSR count). The van der Waals surface area contributed by atoms with E-state index < -0.39 is 47.4 Å². The smallest absolute Gasteiger partial charge is 0.408 e. The first kappa shape index (κ1) is 30.0. The van der Waals surface area contributed by atoms with E-state index in [1.165, 1.54) is 12.1 Å². The lowest BCUT2D eigenvalue weighted by Crippen LogP contribution is -2.51. The lowest BCUT2D eigenvalue weighted by Gasteiger charge is -2.27. The van der Waals surface area contributed by atoms with Crippen LogP contribution in [0.5, 0.6) is 0 Å². The Balaban J connectivity index is 2.22. The van der Waals surface area contributed by atoms with Gasteiger partial charge in [-0.2, -0.15) is 13.2 Å². The summed E-state index contributed by atoms with van der Waals surface area (Å²) in [6.45, 7) is 5.89. The van der Waals surface area contributed by atoms with Gasteiger partial charge < -0.3 is 20.5 Å². The minimum Gasteiger partial charge on any atom is -0.481 e. The fraction of sp³-hybridized carbons (Fsp3) is 0.423. The number of hydrogen-bond acceptors (Lipinski definition) is 4.